The van der Waals surface area contributed by atoms with Crippen LogP contribution in [0.2, 0.25) is 0 Å². The van der Waals surface area contributed by atoms with E-state index in [-0.39, 0.29) is 17.9 Å². The molecule has 0 atom stereocenters. The Kier molecular flexibility index (Phi) is 3.52. The fourth-order valence-electron chi connectivity index (χ4n) is 2.14. The lowest BCUT2D eigenvalue weighted by atomic mass is 10.0. The van der Waals surface area contributed by atoms with Crippen molar-refractivity contribution >= 4 is 5.97 Å². The summed E-state index contributed by atoms with van der Waals surface area (Å²) < 4.78 is 18.8. The molecule has 0 spiro atoms. The van der Waals surface area contributed by atoms with Gasteiger partial charge in [-0.2, -0.15) is 0 Å². The topological polar surface area (TPSA) is 66.8 Å². The van der Waals surface area contributed by atoms with E-state index in [1.54, 1.807) is 0 Å². The minimum atomic E-state index is -1.19. The number of carbonyl (C=O) groups is 1. The van der Waals surface area contributed by atoms with Crippen LogP contribution in [-0.4, -0.2) is 28.4 Å². The van der Waals surface area contributed by atoms with Gasteiger partial charge in [-0.1, -0.05) is 12.8 Å². The molecule has 0 heterocycles. The summed E-state index contributed by atoms with van der Waals surface area (Å²) in [6.07, 6.45) is 3.20. The van der Waals surface area contributed by atoms with Crippen LogP contribution >= 0.6 is 0 Å². The molecule has 1 fully saturated rings. The first kappa shape index (κ1) is 12.8. The maximum absolute atomic E-state index is 13.5. The van der Waals surface area contributed by atoms with Crippen molar-refractivity contribution in [2.75, 3.05) is 6.61 Å². The van der Waals surface area contributed by atoms with Crippen molar-refractivity contribution in [1.82, 2.24) is 0 Å². The maximum atomic E-state index is 13.5. The first-order chi connectivity index (χ1) is 8.50. The van der Waals surface area contributed by atoms with Gasteiger partial charge < -0.3 is 14.9 Å². The number of rotatable bonds is 4. The molecule has 2 N–H and O–H groups in total. The van der Waals surface area contributed by atoms with Crippen molar-refractivity contribution in [3.8, 4) is 5.75 Å². The molecule has 0 aliphatic heterocycles. The molecule has 0 amide bonds. The molecule has 1 saturated carbocycles. The predicted octanol–water partition coefficient (Wildman–Crippen LogP) is 2.21. The van der Waals surface area contributed by atoms with E-state index in [9.17, 15) is 14.3 Å². The van der Waals surface area contributed by atoms with Crippen molar-refractivity contribution < 1.29 is 24.1 Å². The van der Waals surface area contributed by atoms with Crippen molar-refractivity contribution in [2.24, 2.45) is 0 Å². The van der Waals surface area contributed by atoms with E-state index in [4.69, 9.17) is 9.84 Å². The fraction of sp³-hybridized carbons (Fsp3) is 0.462. The number of hydrogen-bond donors (Lipinski definition) is 2. The molecule has 5 heteroatoms. The lowest BCUT2D eigenvalue weighted by Crippen LogP contribution is -2.32. The van der Waals surface area contributed by atoms with Crippen LogP contribution in [0.5, 0.6) is 5.75 Å². The Morgan fingerprint density at radius 3 is 2.61 bits per heavy atom. The van der Waals surface area contributed by atoms with Gasteiger partial charge in [-0.3, -0.25) is 0 Å². The number of aliphatic hydroxyl groups is 1. The third kappa shape index (κ3) is 2.79. The molecule has 0 aromatic heterocycles. The summed E-state index contributed by atoms with van der Waals surface area (Å²) in [5, 5.41) is 18.7. The molecule has 98 valence electrons. The SMILES string of the molecule is O=C(O)c1ccc(OCC2(O)CCCC2)c(F)c1. The van der Waals surface area contributed by atoms with Crippen LogP contribution in [0.4, 0.5) is 4.39 Å². The van der Waals surface area contributed by atoms with Gasteiger partial charge in [0.2, 0.25) is 0 Å². The molecule has 1 aromatic carbocycles. The lowest BCUT2D eigenvalue weighted by molar-refractivity contribution is 0.000305. The van der Waals surface area contributed by atoms with Crippen LogP contribution in [0, 0.1) is 5.82 Å². The highest BCUT2D eigenvalue weighted by atomic mass is 19.1. The second kappa shape index (κ2) is 4.94. The van der Waals surface area contributed by atoms with E-state index in [1.165, 1.54) is 12.1 Å². The average Bonchev–Trinajstić information content (AvgIpc) is 2.75. The highest BCUT2D eigenvalue weighted by Crippen LogP contribution is 2.30. The van der Waals surface area contributed by atoms with Crippen LogP contribution in [0.3, 0.4) is 0 Å². The van der Waals surface area contributed by atoms with Gasteiger partial charge >= 0.3 is 5.97 Å². The van der Waals surface area contributed by atoms with Crippen LogP contribution in [0.25, 0.3) is 0 Å². The number of aromatic carboxylic acids is 1. The molecule has 0 unspecified atom stereocenters. The van der Waals surface area contributed by atoms with Crippen LogP contribution in [-0.2, 0) is 0 Å². The number of carboxylic acid groups (broad SMARTS) is 1. The van der Waals surface area contributed by atoms with Gasteiger partial charge in [-0.05, 0) is 31.0 Å². The zero-order valence-electron chi connectivity index (χ0n) is 9.86. The third-order valence-corrected chi connectivity index (χ3v) is 3.21. The number of halogens is 1. The zero-order valence-corrected chi connectivity index (χ0v) is 9.86. The Hall–Kier alpha value is -1.62. The van der Waals surface area contributed by atoms with Crippen LogP contribution < -0.4 is 4.74 Å². The minimum absolute atomic E-state index is 0.0275. The standard InChI is InChI=1S/C13H15FO4/c14-10-7-9(12(15)16)3-4-11(10)18-8-13(17)5-1-2-6-13/h3-4,7,17H,1-2,5-6,8H2,(H,15,16). The normalized spacial score (nSPS) is 17.7. The summed E-state index contributed by atoms with van der Waals surface area (Å²) in [6.45, 7) is 0.0380. The summed E-state index contributed by atoms with van der Waals surface area (Å²) in [5.41, 5.74) is -1.00. The van der Waals surface area contributed by atoms with E-state index >= 15 is 0 Å². The Morgan fingerprint density at radius 2 is 2.06 bits per heavy atom. The molecule has 0 radical (unpaired) electrons. The quantitative estimate of drug-likeness (QED) is 0.864. The first-order valence-corrected chi connectivity index (χ1v) is 5.88. The third-order valence-electron chi connectivity index (χ3n) is 3.21. The van der Waals surface area contributed by atoms with Gasteiger partial charge in [-0.15, -0.1) is 0 Å². The summed E-state index contributed by atoms with van der Waals surface area (Å²) >= 11 is 0. The summed E-state index contributed by atoms with van der Waals surface area (Å²) in [5.74, 6) is -1.94. The number of ether oxygens (including phenoxy) is 1. The summed E-state index contributed by atoms with van der Waals surface area (Å²) in [4.78, 5) is 10.6. The van der Waals surface area contributed by atoms with Gasteiger partial charge in [0.05, 0.1) is 11.2 Å². The van der Waals surface area contributed by atoms with Gasteiger partial charge in [-0.25, -0.2) is 9.18 Å². The second-order valence-corrected chi connectivity index (χ2v) is 4.67. The van der Waals surface area contributed by atoms with E-state index < -0.39 is 17.4 Å². The Balaban J connectivity index is 2.03. The van der Waals surface area contributed by atoms with Crippen LogP contribution in [0.15, 0.2) is 18.2 Å². The van der Waals surface area contributed by atoms with Gasteiger partial charge in [0.1, 0.15) is 6.61 Å². The van der Waals surface area contributed by atoms with E-state index in [2.05, 4.69) is 0 Å². The maximum Gasteiger partial charge on any atom is 0.335 e. The van der Waals surface area contributed by atoms with Gasteiger partial charge in [0, 0.05) is 0 Å². The zero-order chi connectivity index (χ0) is 13.2. The Morgan fingerprint density at radius 1 is 1.39 bits per heavy atom. The van der Waals surface area contributed by atoms with Crippen molar-refractivity contribution in [2.45, 2.75) is 31.3 Å². The molecule has 18 heavy (non-hydrogen) atoms. The molecule has 4 nitrogen and oxygen atoms in total. The number of benzene rings is 1. The Labute approximate surface area is 104 Å². The molecule has 1 aliphatic rings. The van der Waals surface area contributed by atoms with Crippen LogP contribution in [0.1, 0.15) is 36.0 Å². The van der Waals surface area contributed by atoms with Crippen molar-refractivity contribution in [3.63, 3.8) is 0 Å². The summed E-state index contributed by atoms with van der Waals surface area (Å²) in [7, 11) is 0. The monoisotopic (exact) mass is 254 g/mol. The van der Waals surface area contributed by atoms with E-state index in [0.29, 0.717) is 12.8 Å². The molecular formula is C13H15FO4. The predicted molar refractivity (Wildman–Crippen MR) is 62.3 cm³/mol. The summed E-state index contributed by atoms with van der Waals surface area (Å²) in [6, 6.07) is 3.47. The fourth-order valence-corrected chi connectivity index (χ4v) is 2.14. The molecule has 1 aromatic rings. The van der Waals surface area contributed by atoms with Gasteiger partial charge in [0.25, 0.3) is 0 Å². The highest BCUT2D eigenvalue weighted by Gasteiger charge is 2.32. The smallest absolute Gasteiger partial charge is 0.335 e. The van der Waals surface area contributed by atoms with Gasteiger partial charge in [0.15, 0.2) is 11.6 Å². The second-order valence-electron chi connectivity index (χ2n) is 4.67. The first-order valence-electron chi connectivity index (χ1n) is 5.88. The Bertz CT molecular complexity index is 452. The van der Waals surface area contributed by atoms with E-state index in [0.717, 1.165) is 18.9 Å². The number of carboxylic acids is 1. The molecule has 1 aliphatic carbocycles. The van der Waals surface area contributed by atoms with E-state index in [1.807, 2.05) is 0 Å². The average molecular weight is 254 g/mol. The van der Waals surface area contributed by atoms with Crippen molar-refractivity contribution in [3.05, 3.63) is 29.6 Å². The molecule has 0 bridgehead atoms. The minimum Gasteiger partial charge on any atom is -0.488 e. The largest absolute Gasteiger partial charge is 0.488 e. The molecule has 0 saturated heterocycles. The van der Waals surface area contributed by atoms with Crippen molar-refractivity contribution in [1.29, 1.82) is 0 Å². The molecule has 2 rings (SSSR count). The molecular weight excluding hydrogens is 239 g/mol. The number of hydrogen-bond acceptors (Lipinski definition) is 3. The highest BCUT2D eigenvalue weighted by molar-refractivity contribution is 5.87. The lowest BCUT2D eigenvalue weighted by Gasteiger charge is -2.22.